The first-order valence-corrected chi connectivity index (χ1v) is 8.14. The first-order valence-electron chi connectivity index (χ1n) is 8.14. The second-order valence-electron chi connectivity index (χ2n) is 5.56. The molecular weight excluding hydrogens is 334 g/mol. The number of methoxy groups -OCH3 is 1. The Balaban J connectivity index is 1.80. The monoisotopic (exact) mass is 353 g/mol. The molecule has 3 aromatic rings. The molecule has 7 nitrogen and oxygen atoms in total. The number of carbonyl (C=O) groups excluding carboxylic acids is 1. The first-order chi connectivity index (χ1) is 12.6. The molecule has 2 aromatic carbocycles. The van der Waals surface area contributed by atoms with E-state index in [4.69, 9.17) is 14.1 Å². The lowest BCUT2D eigenvalue weighted by Crippen LogP contribution is -2.12. The highest BCUT2D eigenvalue weighted by atomic mass is 16.6. The van der Waals surface area contributed by atoms with Gasteiger partial charge in [-0.05, 0) is 72.2 Å². The van der Waals surface area contributed by atoms with Crippen LogP contribution in [0.25, 0.3) is 11.3 Å². The van der Waals surface area contributed by atoms with E-state index in [1.165, 1.54) is 0 Å². The highest BCUT2D eigenvalue weighted by molar-refractivity contribution is 6.05. The number of hydrogen-bond acceptors (Lipinski definition) is 6. The SMILES string of the molecule is CCOc1ccc(C(=O)Nc2nonc2-c2ccc(OC)c(C)c2)cc1. The standard InChI is InChI=1S/C19H19N3O4/c1-4-25-15-8-5-13(6-9-15)19(23)20-18-17(21-26-22-18)14-7-10-16(24-3)12(2)11-14/h5-11H,4H2,1-3H3,(H,20,22,23). The molecule has 7 heteroatoms. The fourth-order valence-corrected chi connectivity index (χ4v) is 2.53. The third-order valence-electron chi connectivity index (χ3n) is 3.82. The quantitative estimate of drug-likeness (QED) is 0.727. The van der Waals surface area contributed by atoms with E-state index in [2.05, 4.69) is 15.6 Å². The summed E-state index contributed by atoms with van der Waals surface area (Å²) in [6.45, 7) is 4.40. The van der Waals surface area contributed by atoms with Crippen LogP contribution < -0.4 is 14.8 Å². The predicted molar refractivity (Wildman–Crippen MR) is 96.6 cm³/mol. The Hall–Kier alpha value is -3.35. The lowest BCUT2D eigenvalue weighted by molar-refractivity contribution is 0.102. The van der Waals surface area contributed by atoms with Crippen molar-refractivity contribution in [2.24, 2.45) is 0 Å². The normalized spacial score (nSPS) is 10.4. The summed E-state index contributed by atoms with van der Waals surface area (Å²) in [5.74, 6) is 1.43. The van der Waals surface area contributed by atoms with Crippen molar-refractivity contribution in [2.45, 2.75) is 13.8 Å². The van der Waals surface area contributed by atoms with Gasteiger partial charge in [0.25, 0.3) is 5.91 Å². The van der Waals surface area contributed by atoms with Crippen molar-refractivity contribution in [3.8, 4) is 22.8 Å². The zero-order valence-corrected chi connectivity index (χ0v) is 14.8. The molecule has 0 saturated heterocycles. The van der Waals surface area contributed by atoms with Crippen molar-refractivity contribution in [1.82, 2.24) is 10.3 Å². The highest BCUT2D eigenvalue weighted by Crippen LogP contribution is 2.29. The van der Waals surface area contributed by atoms with Crippen LogP contribution in [0.15, 0.2) is 47.1 Å². The molecule has 0 fully saturated rings. The third kappa shape index (κ3) is 3.66. The van der Waals surface area contributed by atoms with Gasteiger partial charge >= 0.3 is 0 Å². The number of nitrogens with zero attached hydrogens (tertiary/aromatic N) is 2. The minimum atomic E-state index is -0.310. The lowest BCUT2D eigenvalue weighted by atomic mass is 10.1. The molecule has 0 bridgehead atoms. The zero-order valence-electron chi connectivity index (χ0n) is 14.8. The molecule has 1 amide bonds. The summed E-state index contributed by atoms with van der Waals surface area (Å²) in [7, 11) is 1.61. The van der Waals surface area contributed by atoms with Gasteiger partial charge in [0.15, 0.2) is 5.69 Å². The summed E-state index contributed by atoms with van der Waals surface area (Å²) in [5.41, 5.74) is 2.65. The molecule has 1 heterocycles. The Bertz CT molecular complexity index is 903. The van der Waals surface area contributed by atoms with Gasteiger partial charge in [-0.2, -0.15) is 0 Å². The van der Waals surface area contributed by atoms with Crippen LogP contribution in [0.4, 0.5) is 5.82 Å². The van der Waals surface area contributed by atoms with Gasteiger partial charge in [-0.15, -0.1) is 0 Å². The molecule has 0 atom stereocenters. The Kier molecular flexibility index (Phi) is 5.17. The molecule has 134 valence electrons. The molecule has 0 aliphatic rings. The number of rotatable bonds is 6. The number of carbonyl (C=O) groups is 1. The molecule has 0 saturated carbocycles. The second kappa shape index (κ2) is 7.69. The lowest BCUT2D eigenvalue weighted by Gasteiger charge is -2.07. The largest absolute Gasteiger partial charge is 0.496 e. The van der Waals surface area contributed by atoms with E-state index in [0.717, 1.165) is 16.9 Å². The number of amides is 1. The van der Waals surface area contributed by atoms with Gasteiger partial charge < -0.3 is 14.8 Å². The zero-order chi connectivity index (χ0) is 18.5. The van der Waals surface area contributed by atoms with Gasteiger partial charge in [0.2, 0.25) is 5.82 Å². The van der Waals surface area contributed by atoms with Crippen molar-refractivity contribution < 1.29 is 18.9 Å². The summed E-state index contributed by atoms with van der Waals surface area (Å²) >= 11 is 0. The molecule has 0 aliphatic carbocycles. The summed E-state index contributed by atoms with van der Waals surface area (Å²) in [6.07, 6.45) is 0. The summed E-state index contributed by atoms with van der Waals surface area (Å²) in [6, 6.07) is 12.4. The summed E-state index contributed by atoms with van der Waals surface area (Å²) < 4.78 is 15.4. The number of anilines is 1. The van der Waals surface area contributed by atoms with E-state index in [-0.39, 0.29) is 11.7 Å². The number of aryl methyl sites for hydroxylation is 1. The van der Waals surface area contributed by atoms with Crippen LogP contribution in [0.2, 0.25) is 0 Å². The van der Waals surface area contributed by atoms with Crippen molar-refractivity contribution in [3.63, 3.8) is 0 Å². The number of aromatic nitrogens is 2. The van der Waals surface area contributed by atoms with E-state index in [0.29, 0.717) is 23.6 Å². The third-order valence-corrected chi connectivity index (χ3v) is 3.82. The Morgan fingerprint density at radius 1 is 1.15 bits per heavy atom. The van der Waals surface area contributed by atoms with Crippen molar-refractivity contribution in [3.05, 3.63) is 53.6 Å². The van der Waals surface area contributed by atoms with E-state index in [1.807, 2.05) is 32.0 Å². The van der Waals surface area contributed by atoms with Crippen molar-refractivity contribution in [1.29, 1.82) is 0 Å². The second-order valence-corrected chi connectivity index (χ2v) is 5.56. The molecule has 1 N–H and O–H groups in total. The van der Waals surface area contributed by atoms with Crippen LogP contribution >= 0.6 is 0 Å². The Labute approximate surface area is 150 Å². The van der Waals surface area contributed by atoms with E-state index < -0.39 is 0 Å². The van der Waals surface area contributed by atoms with Gasteiger partial charge in [-0.1, -0.05) is 0 Å². The van der Waals surface area contributed by atoms with Crippen molar-refractivity contribution >= 4 is 11.7 Å². The minimum absolute atomic E-state index is 0.258. The van der Waals surface area contributed by atoms with Crippen LogP contribution in [0.5, 0.6) is 11.5 Å². The average molecular weight is 353 g/mol. The van der Waals surface area contributed by atoms with Crippen molar-refractivity contribution in [2.75, 3.05) is 19.0 Å². The van der Waals surface area contributed by atoms with E-state index in [9.17, 15) is 4.79 Å². The molecule has 0 spiro atoms. The maximum Gasteiger partial charge on any atom is 0.256 e. The Morgan fingerprint density at radius 3 is 2.58 bits per heavy atom. The number of ether oxygens (including phenoxy) is 2. The highest BCUT2D eigenvalue weighted by Gasteiger charge is 2.17. The van der Waals surface area contributed by atoms with Gasteiger partial charge in [-0.3, -0.25) is 4.79 Å². The van der Waals surface area contributed by atoms with Gasteiger partial charge in [-0.25, -0.2) is 4.63 Å². The number of nitrogens with one attached hydrogen (secondary N) is 1. The molecule has 0 unspecified atom stereocenters. The first kappa shape index (κ1) is 17.5. The van der Waals surface area contributed by atoms with E-state index >= 15 is 0 Å². The number of hydrogen-bond donors (Lipinski definition) is 1. The minimum Gasteiger partial charge on any atom is -0.496 e. The van der Waals surface area contributed by atoms with Gasteiger partial charge in [0.1, 0.15) is 11.5 Å². The predicted octanol–water partition coefficient (Wildman–Crippen LogP) is 3.70. The molecule has 26 heavy (non-hydrogen) atoms. The maximum absolute atomic E-state index is 12.5. The molecule has 1 aromatic heterocycles. The van der Waals surface area contributed by atoms with Crippen LogP contribution in [0.1, 0.15) is 22.8 Å². The van der Waals surface area contributed by atoms with Gasteiger partial charge in [0.05, 0.1) is 13.7 Å². The summed E-state index contributed by atoms with van der Waals surface area (Å²) in [5, 5.41) is 10.4. The van der Waals surface area contributed by atoms with Crippen LogP contribution in [0, 0.1) is 6.92 Å². The fraction of sp³-hybridized carbons (Fsp3) is 0.211. The summed E-state index contributed by atoms with van der Waals surface area (Å²) in [4.78, 5) is 12.5. The van der Waals surface area contributed by atoms with Crippen LogP contribution in [0.3, 0.4) is 0 Å². The molecule has 3 rings (SSSR count). The molecular formula is C19H19N3O4. The smallest absolute Gasteiger partial charge is 0.256 e. The topological polar surface area (TPSA) is 86.5 Å². The Morgan fingerprint density at radius 2 is 1.92 bits per heavy atom. The fourth-order valence-electron chi connectivity index (χ4n) is 2.53. The van der Waals surface area contributed by atoms with Crippen LogP contribution in [-0.2, 0) is 0 Å². The van der Waals surface area contributed by atoms with Crippen LogP contribution in [-0.4, -0.2) is 29.9 Å². The maximum atomic E-state index is 12.5. The van der Waals surface area contributed by atoms with E-state index in [1.54, 1.807) is 31.4 Å². The van der Waals surface area contributed by atoms with Gasteiger partial charge in [0, 0.05) is 11.1 Å². The average Bonchev–Trinajstić information content (AvgIpc) is 3.10. The number of benzene rings is 2. The molecule has 0 radical (unpaired) electrons. The molecule has 0 aliphatic heterocycles.